The Morgan fingerprint density at radius 2 is 1.72 bits per heavy atom. The second-order valence-corrected chi connectivity index (χ2v) is 6.21. The van der Waals surface area contributed by atoms with Gasteiger partial charge in [0.15, 0.2) is 6.29 Å². The minimum atomic E-state index is 0.00626. The number of rotatable bonds is 4. The van der Waals surface area contributed by atoms with Gasteiger partial charge in [0.25, 0.3) is 0 Å². The summed E-state index contributed by atoms with van der Waals surface area (Å²) in [6, 6.07) is 0. The summed E-state index contributed by atoms with van der Waals surface area (Å²) in [6.45, 7) is 5.27. The molecule has 1 saturated carbocycles. The van der Waals surface area contributed by atoms with E-state index in [9.17, 15) is 0 Å². The molecule has 3 nitrogen and oxygen atoms in total. The van der Waals surface area contributed by atoms with E-state index in [4.69, 9.17) is 14.2 Å². The fraction of sp³-hybridized carbons (Fsp3) is 1.00. The van der Waals surface area contributed by atoms with E-state index >= 15 is 0 Å². The van der Waals surface area contributed by atoms with Crippen LogP contribution in [0, 0.1) is 5.92 Å². The molecule has 1 aliphatic carbocycles. The van der Waals surface area contributed by atoms with Crippen molar-refractivity contribution < 1.29 is 14.2 Å². The molecule has 0 radical (unpaired) electrons. The van der Waals surface area contributed by atoms with E-state index in [0.29, 0.717) is 12.0 Å². The zero-order chi connectivity index (χ0) is 13.0. The first-order valence-electron chi connectivity index (χ1n) is 7.44. The Hall–Kier alpha value is -0.120. The van der Waals surface area contributed by atoms with Crippen LogP contribution >= 0.6 is 0 Å². The Morgan fingerprint density at radius 3 is 2.28 bits per heavy atom. The van der Waals surface area contributed by atoms with Gasteiger partial charge in [0.2, 0.25) is 0 Å². The van der Waals surface area contributed by atoms with Crippen LogP contribution in [-0.4, -0.2) is 31.7 Å². The van der Waals surface area contributed by atoms with Crippen LogP contribution in [0.3, 0.4) is 0 Å². The summed E-state index contributed by atoms with van der Waals surface area (Å²) in [4.78, 5) is 0. The molecule has 0 aromatic rings. The molecule has 0 spiro atoms. The van der Waals surface area contributed by atoms with Crippen LogP contribution in [-0.2, 0) is 14.2 Å². The standard InChI is InChI=1S/C15H28O3/c1-15(2,16-3)12-7-9-13(10-8-12)18-14-6-4-5-11-17-14/h12-14H,4-11H2,1-3H3/t12-,13+,14?. The summed E-state index contributed by atoms with van der Waals surface area (Å²) in [7, 11) is 1.82. The predicted molar refractivity (Wildman–Crippen MR) is 71.5 cm³/mol. The molecule has 0 bridgehead atoms. The maximum atomic E-state index is 6.06. The van der Waals surface area contributed by atoms with Crippen molar-refractivity contribution in [1.82, 2.24) is 0 Å². The smallest absolute Gasteiger partial charge is 0.157 e. The van der Waals surface area contributed by atoms with E-state index in [2.05, 4.69) is 13.8 Å². The van der Waals surface area contributed by atoms with E-state index in [1.54, 1.807) is 0 Å². The summed E-state index contributed by atoms with van der Waals surface area (Å²) in [5.74, 6) is 0.662. The third-order valence-electron chi connectivity index (χ3n) is 4.67. The quantitative estimate of drug-likeness (QED) is 0.770. The minimum Gasteiger partial charge on any atom is -0.379 e. The van der Waals surface area contributed by atoms with E-state index in [0.717, 1.165) is 25.9 Å². The first-order valence-corrected chi connectivity index (χ1v) is 7.44. The first-order chi connectivity index (χ1) is 8.62. The molecule has 1 heterocycles. The maximum absolute atomic E-state index is 6.06. The van der Waals surface area contributed by atoms with E-state index in [-0.39, 0.29) is 11.9 Å². The van der Waals surface area contributed by atoms with E-state index < -0.39 is 0 Å². The van der Waals surface area contributed by atoms with Gasteiger partial charge in [-0.25, -0.2) is 0 Å². The van der Waals surface area contributed by atoms with Crippen molar-refractivity contribution >= 4 is 0 Å². The molecule has 2 rings (SSSR count). The van der Waals surface area contributed by atoms with Crippen LogP contribution in [0.4, 0.5) is 0 Å². The summed E-state index contributed by atoms with van der Waals surface area (Å²) in [6.07, 6.45) is 8.69. The summed E-state index contributed by atoms with van der Waals surface area (Å²) >= 11 is 0. The van der Waals surface area contributed by atoms with Gasteiger partial charge in [-0.15, -0.1) is 0 Å². The van der Waals surface area contributed by atoms with Crippen molar-refractivity contribution in [2.24, 2.45) is 5.92 Å². The van der Waals surface area contributed by atoms with Crippen molar-refractivity contribution in [2.45, 2.75) is 76.8 Å². The average Bonchev–Trinajstić information content (AvgIpc) is 2.40. The third kappa shape index (κ3) is 3.69. The molecule has 1 aliphatic heterocycles. The lowest BCUT2D eigenvalue weighted by atomic mass is 9.78. The van der Waals surface area contributed by atoms with Crippen LogP contribution in [0.2, 0.25) is 0 Å². The molecule has 106 valence electrons. The van der Waals surface area contributed by atoms with Crippen LogP contribution in [0.5, 0.6) is 0 Å². The van der Waals surface area contributed by atoms with Crippen molar-refractivity contribution in [1.29, 1.82) is 0 Å². The van der Waals surface area contributed by atoms with Gasteiger partial charge >= 0.3 is 0 Å². The summed E-state index contributed by atoms with van der Waals surface area (Å²) < 4.78 is 17.3. The van der Waals surface area contributed by atoms with Gasteiger partial charge < -0.3 is 14.2 Å². The SMILES string of the molecule is COC(C)(C)[C@H]1CC[C@@H](OC2CCCCO2)CC1. The van der Waals surface area contributed by atoms with Crippen molar-refractivity contribution in [3.05, 3.63) is 0 Å². The van der Waals surface area contributed by atoms with Gasteiger partial charge in [0.1, 0.15) is 0 Å². The van der Waals surface area contributed by atoms with Crippen LogP contribution in [0.1, 0.15) is 58.8 Å². The lowest BCUT2D eigenvalue weighted by molar-refractivity contribution is -0.197. The Morgan fingerprint density at radius 1 is 1.00 bits per heavy atom. The molecule has 2 aliphatic rings. The predicted octanol–water partition coefficient (Wildman–Crippen LogP) is 3.51. The molecule has 0 N–H and O–H groups in total. The topological polar surface area (TPSA) is 27.7 Å². The minimum absolute atomic E-state index is 0.00626. The van der Waals surface area contributed by atoms with Crippen LogP contribution in [0.15, 0.2) is 0 Å². The molecule has 1 unspecified atom stereocenters. The molecule has 0 aromatic heterocycles. The summed E-state index contributed by atoms with van der Waals surface area (Å²) in [5, 5.41) is 0. The molecular weight excluding hydrogens is 228 g/mol. The first kappa shape index (κ1) is 14.3. The van der Waals surface area contributed by atoms with E-state index in [1.165, 1.54) is 25.7 Å². The number of hydrogen-bond donors (Lipinski definition) is 0. The number of hydrogen-bond acceptors (Lipinski definition) is 3. The summed E-state index contributed by atoms with van der Waals surface area (Å²) in [5.41, 5.74) is 0.00626. The zero-order valence-corrected chi connectivity index (χ0v) is 12.1. The Labute approximate surface area is 111 Å². The number of methoxy groups -OCH3 is 1. The van der Waals surface area contributed by atoms with Crippen LogP contribution < -0.4 is 0 Å². The van der Waals surface area contributed by atoms with Gasteiger partial charge in [-0.1, -0.05) is 0 Å². The number of ether oxygens (including phenoxy) is 3. The average molecular weight is 256 g/mol. The monoisotopic (exact) mass is 256 g/mol. The molecular formula is C15H28O3. The zero-order valence-electron chi connectivity index (χ0n) is 12.1. The molecule has 2 fully saturated rings. The second-order valence-electron chi connectivity index (χ2n) is 6.21. The Balaban J connectivity index is 1.73. The highest BCUT2D eigenvalue weighted by Gasteiger charge is 2.34. The normalized spacial score (nSPS) is 34.5. The van der Waals surface area contributed by atoms with Gasteiger partial charge in [-0.3, -0.25) is 0 Å². The molecule has 1 atom stereocenters. The van der Waals surface area contributed by atoms with Crippen LogP contribution in [0.25, 0.3) is 0 Å². The highest BCUT2D eigenvalue weighted by molar-refractivity contribution is 4.84. The van der Waals surface area contributed by atoms with Gasteiger partial charge in [0.05, 0.1) is 11.7 Å². The maximum Gasteiger partial charge on any atom is 0.157 e. The van der Waals surface area contributed by atoms with E-state index in [1.807, 2.05) is 7.11 Å². The molecule has 0 amide bonds. The fourth-order valence-corrected chi connectivity index (χ4v) is 3.09. The van der Waals surface area contributed by atoms with Gasteiger partial charge in [-0.05, 0) is 64.7 Å². The molecule has 0 aromatic carbocycles. The molecule has 1 saturated heterocycles. The lowest BCUT2D eigenvalue weighted by Gasteiger charge is -2.39. The molecule has 18 heavy (non-hydrogen) atoms. The second kappa shape index (κ2) is 6.36. The highest BCUT2D eigenvalue weighted by atomic mass is 16.7. The Kier molecular flexibility index (Phi) is 5.05. The van der Waals surface area contributed by atoms with Gasteiger partial charge in [0, 0.05) is 13.7 Å². The third-order valence-corrected chi connectivity index (χ3v) is 4.67. The lowest BCUT2D eigenvalue weighted by Crippen LogP contribution is -2.38. The van der Waals surface area contributed by atoms with Crippen molar-refractivity contribution in [3.8, 4) is 0 Å². The fourth-order valence-electron chi connectivity index (χ4n) is 3.09. The largest absolute Gasteiger partial charge is 0.379 e. The Bertz CT molecular complexity index is 238. The highest BCUT2D eigenvalue weighted by Crippen LogP contribution is 2.36. The van der Waals surface area contributed by atoms with Crippen molar-refractivity contribution in [2.75, 3.05) is 13.7 Å². The van der Waals surface area contributed by atoms with Gasteiger partial charge in [-0.2, -0.15) is 0 Å². The molecule has 3 heteroatoms. The van der Waals surface area contributed by atoms with Crippen molar-refractivity contribution in [3.63, 3.8) is 0 Å².